The summed E-state index contributed by atoms with van der Waals surface area (Å²) in [5.74, 6) is -0.316. The molecule has 0 aliphatic heterocycles. The van der Waals surface area contributed by atoms with Gasteiger partial charge in [-0.15, -0.1) is 0 Å². The zero-order valence-electron chi connectivity index (χ0n) is 13.8. The number of aromatic nitrogens is 2. The topological polar surface area (TPSA) is 112 Å². The summed E-state index contributed by atoms with van der Waals surface area (Å²) in [7, 11) is 1.33. The fraction of sp³-hybridized carbons (Fsp3) is 0.118. The van der Waals surface area contributed by atoms with Crippen LogP contribution < -0.4 is 5.43 Å². The van der Waals surface area contributed by atoms with E-state index in [4.69, 9.17) is 4.74 Å². The number of esters is 1. The number of nitro groups is 1. The Balaban J connectivity index is 1.88. The second-order valence-corrected chi connectivity index (χ2v) is 5.30. The number of nitrogens with zero attached hydrogens (tertiary/aromatic N) is 4. The molecule has 9 nitrogen and oxygen atoms in total. The number of anilines is 1. The Morgan fingerprint density at radius 3 is 2.96 bits per heavy atom. The van der Waals surface area contributed by atoms with Crippen molar-refractivity contribution in [3.05, 3.63) is 64.5 Å². The van der Waals surface area contributed by atoms with Gasteiger partial charge in [0.05, 0.1) is 18.2 Å². The van der Waals surface area contributed by atoms with Crippen molar-refractivity contribution in [3.8, 4) is 0 Å². The molecule has 0 amide bonds. The number of pyridine rings is 1. The van der Waals surface area contributed by atoms with Gasteiger partial charge in [-0.05, 0) is 12.1 Å². The van der Waals surface area contributed by atoms with Crippen LogP contribution in [-0.4, -0.2) is 33.8 Å². The fourth-order valence-electron chi connectivity index (χ4n) is 2.51. The molecule has 0 saturated carbocycles. The number of fused-ring (bicyclic) bond motifs is 1. The minimum Gasteiger partial charge on any atom is -0.468 e. The molecule has 0 aliphatic carbocycles. The highest BCUT2D eigenvalue weighted by Crippen LogP contribution is 2.22. The maximum Gasteiger partial charge on any atom is 0.325 e. The van der Waals surface area contributed by atoms with E-state index in [9.17, 15) is 14.9 Å². The maximum absolute atomic E-state index is 11.6. The van der Waals surface area contributed by atoms with Gasteiger partial charge in [-0.3, -0.25) is 20.3 Å². The average Bonchev–Trinajstić information content (AvgIpc) is 3.00. The van der Waals surface area contributed by atoms with E-state index in [1.54, 1.807) is 10.8 Å². The first kappa shape index (κ1) is 17.1. The summed E-state index contributed by atoms with van der Waals surface area (Å²) in [5, 5.41) is 15.9. The molecule has 0 bridgehead atoms. The second-order valence-electron chi connectivity index (χ2n) is 5.30. The normalized spacial score (nSPS) is 11.0. The van der Waals surface area contributed by atoms with E-state index in [-0.39, 0.29) is 24.0 Å². The number of methoxy groups -OCH3 is 1. The summed E-state index contributed by atoms with van der Waals surface area (Å²) in [6.07, 6.45) is 4.72. The van der Waals surface area contributed by atoms with Crippen molar-refractivity contribution in [2.24, 2.45) is 5.10 Å². The molecule has 0 aliphatic rings. The monoisotopic (exact) mass is 353 g/mol. The number of ether oxygens (including phenoxy) is 1. The molecule has 0 unspecified atom stereocenters. The first-order valence-electron chi connectivity index (χ1n) is 7.63. The lowest BCUT2D eigenvalue weighted by Gasteiger charge is -2.02. The molecular formula is C17H15N5O4. The molecule has 26 heavy (non-hydrogen) atoms. The van der Waals surface area contributed by atoms with Crippen LogP contribution in [0.2, 0.25) is 0 Å². The molecule has 3 aromatic rings. The van der Waals surface area contributed by atoms with E-state index < -0.39 is 4.92 Å². The van der Waals surface area contributed by atoms with Gasteiger partial charge in [0.25, 0.3) is 0 Å². The lowest BCUT2D eigenvalue weighted by Crippen LogP contribution is -2.10. The molecule has 2 heterocycles. The third-order valence-electron chi connectivity index (χ3n) is 3.70. The Morgan fingerprint density at radius 1 is 1.38 bits per heavy atom. The Morgan fingerprint density at radius 2 is 2.19 bits per heavy atom. The third-order valence-corrected chi connectivity index (χ3v) is 3.70. The predicted molar refractivity (Wildman–Crippen MR) is 96.1 cm³/mol. The van der Waals surface area contributed by atoms with Gasteiger partial charge in [-0.2, -0.15) is 5.10 Å². The second kappa shape index (κ2) is 7.43. The molecule has 0 spiro atoms. The number of hydrazone groups is 1. The van der Waals surface area contributed by atoms with Crippen LogP contribution >= 0.6 is 0 Å². The minimum absolute atomic E-state index is 0.0482. The van der Waals surface area contributed by atoms with Crippen molar-refractivity contribution in [3.63, 3.8) is 0 Å². The lowest BCUT2D eigenvalue weighted by atomic mass is 10.2. The molecule has 0 radical (unpaired) electrons. The van der Waals surface area contributed by atoms with Gasteiger partial charge >= 0.3 is 11.7 Å². The number of nitrogens with one attached hydrogen (secondary N) is 1. The first-order chi connectivity index (χ1) is 12.6. The summed E-state index contributed by atoms with van der Waals surface area (Å²) < 4.78 is 6.46. The van der Waals surface area contributed by atoms with E-state index in [0.29, 0.717) is 0 Å². The van der Waals surface area contributed by atoms with Crippen molar-refractivity contribution >= 4 is 34.6 Å². The van der Waals surface area contributed by atoms with E-state index in [2.05, 4.69) is 15.5 Å². The summed E-state index contributed by atoms with van der Waals surface area (Å²) in [6.45, 7) is 0.0734. The molecule has 1 aromatic carbocycles. The van der Waals surface area contributed by atoms with Gasteiger partial charge in [0.2, 0.25) is 5.82 Å². The van der Waals surface area contributed by atoms with Crippen molar-refractivity contribution in [1.82, 2.24) is 9.55 Å². The number of carbonyl (C=O) groups excluding carboxylic acids is 1. The minimum atomic E-state index is -0.535. The Bertz CT molecular complexity index is 996. The van der Waals surface area contributed by atoms with Crippen LogP contribution in [0.1, 0.15) is 5.56 Å². The molecule has 132 valence electrons. The van der Waals surface area contributed by atoms with Gasteiger partial charge in [0, 0.05) is 34.9 Å². The Kier molecular flexibility index (Phi) is 4.88. The van der Waals surface area contributed by atoms with Crippen molar-refractivity contribution in [2.45, 2.75) is 6.54 Å². The highest BCUT2D eigenvalue weighted by molar-refractivity contribution is 6.00. The molecule has 2 aromatic heterocycles. The fourth-order valence-corrected chi connectivity index (χ4v) is 2.51. The predicted octanol–water partition coefficient (Wildman–Crippen LogP) is 2.56. The molecule has 0 fully saturated rings. The van der Waals surface area contributed by atoms with E-state index in [1.165, 1.54) is 31.7 Å². The summed E-state index contributed by atoms with van der Waals surface area (Å²) in [6, 6.07) is 10.3. The molecule has 0 atom stereocenters. The third kappa shape index (κ3) is 3.51. The summed E-state index contributed by atoms with van der Waals surface area (Å²) in [5.41, 5.74) is 4.01. The van der Waals surface area contributed by atoms with Gasteiger partial charge < -0.3 is 9.30 Å². The van der Waals surface area contributed by atoms with Crippen LogP contribution in [-0.2, 0) is 16.1 Å². The summed E-state index contributed by atoms with van der Waals surface area (Å²) in [4.78, 5) is 25.9. The molecule has 3 rings (SSSR count). The average molecular weight is 353 g/mol. The standard InChI is InChI=1S/C17H15N5O4/c1-26-16(23)11-21-10-12(13-5-2-3-6-14(13)21)9-19-20-17-15(22(24)25)7-4-8-18-17/h2-10H,11H2,1H3,(H,18,20)/b19-9-. The maximum atomic E-state index is 11.6. The highest BCUT2D eigenvalue weighted by Gasteiger charge is 2.13. The van der Waals surface area contributed by atoms with Gasteiger partial charge in [-0.25, -0.2) is 4.98 Å². The van der Waals surface area contributed by atoms with Crippen LogP contribution in [0.4, 0.5) is 11.5 Å². The molecular weight excluding hydrogens is 338 g/mol. The van der Waals surface area contributed by atoms with Crippen LogP contribution in [0.15, 0.2) is 53.9 Å². The van der Waals surface area contributed by atoms with E-state index in [0.717, 1.165) is 16.5 Å². The smallest absolute Gasteiger partial charge is 0.325 e. The summed E-state index contributed by atoms with van der Waals surface area (Å²) >= 11 is 0. The number of para-hydroxylation sites is 1. The van der Waals surface area contributed by atoms with Crippen LogP contribution in [0.5, 0.6) is 0 Å². The number of hydrogen-bond acceptors (Lipinski definition) is 7. The number of hydrogen-bond donors (Lipinski definition) is 1. The van der Waals surface area contributed by atoms with Crippen molar-refractivity contribution in [2.75, 3.05) is 12.5 Å². The lowest BCUT2D eigenvalue weighted by molar-refractivity contribution is -0.384. The van der Waals surface area contributed by atoms with Crippen molar-refractivity contribution < 1.29 is 14.5 Å². The number of benzene rings is 1. The zero-order valence-corrected chi connectivity index (χ0v) is 13.8. The quantitative estimate of drug-likeness (QED) is 0.315. The Labute approximate surface area is 148 Å². The molecule has 9 heteroatoms. The van der Waals surface area contributed by atoms with Crippen LogP contribution in [0.25, 0.3) is 10.9 Å². The van der Waals surface area contributed by atoms with Gasteiger partial charge in [0.1, 0.15) is 6.54 Å². The zero-order chi connectivity index (χ0) is 18.5. The van der Waals surface area contributed by atoms with Crippen molar-refractivity contribution in [1.29, 1.82) is 0 Å². The molecule has 0 saturated heterocycles. The van der Waals surface area contributed by atoms with Gasteiger partial charge in [0.15, 0.2) is 0 Å². The van der Waals surface area contributed by atoms with Crippen LogP contribution in [0, 0.1) is 10.1 Å². The highest BCUT2D eigenvalue weighted by atomic mass is 16.6. The molecule has 1 N–H and O–H groups in total. The SMILES string of the molecule is COC(=O)Cn1cc(/C=N\Nc2ncccc2[N+](=O)[O-])c2ccccc21. The van der Waals surface area contributed by atoms with E-state index in [1.807, 2.05) is 24.3 Å². The first-order valence-corrected chi connectivity index (χ1v) is 7.63. The van der Waals surface area contributed by atoms with E-state index >= 15 is 0 Å². The Hall–Kier alpha value is -3.75. The van der Waals surface area contributed by atoms with Crippen LogP contribution in [0.3, 0.4) is 0 Å². The number of rotatable bonds is 6. The van der Waals surface area contributed by atoms with Gasteiger partial charge in [-0.1, -0.05) is 18.2 Å². The number of carbonyl (C=O) groups is 1. The largest absolute Gasteiger partial charge is 0.468 e.